The highest BCUT2D eigenvalue weighted by Crippen LogP contribution is 2.32. The Labute approximate surface area is 181 Å². The molecular weight excluding hydrogens is 402 g/mol. The molecule has 3 aromatic rings. The quantitative estimate of drug-likeness (QED) is 0.585. The first-order chi connectivity index (χ1) is 14.2. The van der Waals surface area contributed by atoms with Gasteiger partial charge in [-0.25, -0.2) is 4.79 Å². The number of nitrogens with zero attached hydrogens (tertiary/aromatic N) is 2. The Morgan fingerprint density at radius 3 is 2.30 bits per heavy atom. The minimum atomic E-state index is -0.810. The Bertz CT molecular complexity index is 1050. The number of carbonyl (C=O) groups excluding carboxylic acids is 2. The minimum absolute atomic E-state index is 0.183. The van der Waals surface area contributed by atoms with Gasteiger partial charge in [-0.2, -0.15) is 0 Å². The lowest BCUT2D eigenvalue weighted by Crippen LogP contribution is -2.55. The van der Waals surface area contributed by atoms with Crippen molar-refractivity contribution in [2.75, 3.05) is 11.9 Å². The molecule has 2 aromatic carbocycles. The first-order valence-corrected chi connectivity index (χ1v) is 10.2. The van der Waals surface area contributed by atoms with E-state index in [1.54, 1.807) is 25.2 Å². The molecule has 0 aliphatic heterocycles. The SMILES string of the molecule is CC(C)[C@@H](C(N)=O)N(C(=O)N(C)c1ccccc1)C(C)c1cc2cc(Cl)ccc2o1. The van der Waals surface area contributed by atoms with Gasteiger partial charge in [-0.15, -0.1) is 0 Å². The topological polar surface area (TPSA) is 79.8 Å². The van der Waals surface area contributed by atoms with Crippen molar-refractivity contribution in [2.24, 2.45) is 11.7 Å². The van der Waals surface area contributed by atoms with Crippen LogP contribution in [0.2, 0.25) is 5.02 Å². The summed E-state index contributed by atoms with van der Waals surface area (Å²) >= 11 is 6.09. The highest BCUT2D eigenvalue weighted by Gasteiger charge is 2.38. The molecule has 0 aliphatic carbocycles. The number of hydrogen-bond acceptors (Lipinski definition) is 3. The van der Waals surface area contributed by atoms with E-state index < -0.39 is 18.0 Å². The summed E-state index contributed by atoms with van der Waals surface area (Å²) in [6.07, 6.45) is 0. The van der Waals surface area contributed by atoms with Crippen molar-refractivity contribution in [3.63, 3.8) is 0 Å². The van der Waals surface area contributed by atoms with Gasteiger partial charge in [0.2, 0.25) is 5.91 Å². The van der Waals surface area contributed by atoms with Crippen LogP contribution in [0.4, 0.5) is 10.5 Å². The van der Waals surface area contributed by atoms with Gasteiger partial charge >= 0.3 is 6.03 Å². The summed E-state index contributed by atoms with van der Waals surface area (Å²) in [6, 6.07) is 14.7. The molecule has 1 heterocycles. The number of benzene rings is 2. The molecule has 7 heteroatoms. The van der Waals surface area contributed by atoms with E-state index in [0.717, 1.165) is 5.39 Å². The van der Waals surface area contributed by atoms with Crippen molar-refractivity contribution in [3.05, 3.63) is 65.4 Å². The van der Waals surface area contributed by atoms with Crippen molar-refractivity contribution in [2.45, 2.75) is 32.9 Å². The zero-order valence-electron chi connectivity index (χ0n) is 17.5. The summed E-state index contributed by atoms with van der Waals surface area (Å²) in [5, 5.41) is 1.42. The summed E-state index contributed by atoms with van der Waals surface area (Å²) in [7, 11) is 1.67. The standard InChI is InChI=1S/C23H26ClN3O3/c1-14(2)21(22(25)28)27(23(29)26(4)18-8-6-5-7-9-18)15(3)20-13-16-12-17(24)10-11-19(16)30-20/h5-15,21H,1-4H3,(H2,25,28)/t15?,21-/m0/s1. The number of nitrogens with two attached hydrogens (primary N) is 1. The molecule has 1 unspecified atom stereocenters. The zero-order chi connectivity index (χ0) is 22.0. The van der Waals surface area contributed by atoms with Crippen molar-refractivity contribution in [3.8, 4) is 0 Å². The summed E-state index contributed by atoms with van der Waals surface area (Å²) in [5.41, 5.74) is 7.10. The van der Waals surface area contributed by atoms with E-state index in [-0.39, 0.29) is 11.9 Å². The number of halogens is 1. The average Bonchev–Trinajstić information content (AvgIpc) is 3.13. The third-order valence-electron chi connectivity index (χ3n) is 5.20. The number of para-hydroxylation sites is 1. The number of hydrogen-bond donors (Lipinski definition) is 1. The predicted octanol–water partition coefficient (Wildman–Crippen LogP) is 5.22. The third-order valence-corrected chi connectivity index (χ3v) is 5.44. The van der Waals surface area contributed by atoms with E-state index in [2.05, 4.69) is 0 Å². The maximum absolute atomic E-state index is 13.6. The molecule has 6 nitrogen and oxygen atoms in total. The van der Waals surface area contributed by atoms with Gasteiger partial charge in [0.05, 0.1) is 6.04 Å². The van der Waals surface area contributed by atoms with Crippen LogP contribution < -0.4 is 10.6 Å². The van der Waals surface area contributed by atoms with E-state index in [1.165, 1.54) is 9.80 Å². The molecule has 0 spiro atoms. The fourth-order valence-electron chi connectivity index (χ4n) is 3.63. The Morgan fingerprint density at radius 1 is 1.03 bits per heavy atom. The van der Waals surface area contributed by atoms with Crippen LogP contribution in [0.3, 0.4) is 0 Å². The maximum atomic E-state index is 13.6. The van der Waals surface area contributed by atoms with Crippen LogP contribution in [0.5, 0.6) is 0 Å². The molecule has 2 atom stereocenters. The van der Waals surface area contributed by atoms with E-state index >= 15 is 0 Å². The highest BCUT2D eigenvalue weighted by atomic mass is 35.5. The second-order valence-electron chi connectivity index (χ2n) is 7.68. The monoisotopic (exact) mass is 427 g/mol. The number of rotatable bonds is 6. The first-order valence-electron chi connectivity index (χ1n) is 9.80. The Balaban J connectivity index is 2.05. The molecule has 0 saturated carbocycles. The summed E-state index contributed by atoms with van der Waals surface area (Å²) in [5.74, 6) is -0.198. The third kappa shape index (κ3) is 4.28. The van der Waals surface area contributed by atoms with Gasteiger partial charge in [-0.05, 0) is 49.2 Å². The van der Waals surface area contributed by atoms with E-state index in [0.29, 0.717) is 22.1 Å². The minimum Gasteiger partial charge on any atom is -0.459 e. The van der Waals surface area contributed by atoms with Gasteiger partial charge in [0.1, 0.15) is 17.4 Å². The second-order valence-corrected chi connectivity index (χ2v) is 8.12. The molecule has 0 aliphatic rings. The lowest BCUT2D eigenvalue weighted by atomic mass is 9.99. The van der Waals surface area contributed by atoms with Crippen LogP contribution in [0.15, 0.2) is 59.0 Å². The Hall–Kier alpha value is -2.99. The number of amides is 3. The molecule has 0 saturated heterocycles. The number of anilines is 1. The van der Waals surface area contributed by atoms with E-state index in [1.807, 2.05) is 57.2 Å². The molecule has 1 aromatic heterocycles. The largest absolute Gasteiger partial charge is 0.459 e. The van der Waals surface area contributed by atoms with Gasteiger partial charge in [-0.3, -0.25) is 9.69 Å². The molecule has 2 N–H and O–H groups in total. The van der Waals surface area contributed by atoms with Crippen molar-refractivity contribution >= 4 is 40.2 Å². The van der Waals surface area contributed by atoms with Crippen LogP contribution >= 0.6 is 11.6 Å². The summed E-state index contributed by atoms with van der Waals surface area (Å²) in [6.45, 7) is 5.56. The molecule has 0 radical (unpaired) electrons. The molecule has 3 amide bonds. The smallest absolute Gasteiger partial charge is 0.325 e. The normalized spacial score (nSPS) is 13.3. The summed E-state index contributed by atoms with van der Waals surface area (Å²) in [4.78, 5) is 28.9. The van der Waals surface area contributed by atoms with Gasteiger partial charge in [0.25, 0.3) is 0 Å². The van der Waals surface area contributed by atoms with Crippen molar-refractivity contribution < 1.29 is 14.0 Å². The van der Waals surface area contributed by atoms with Gasteiger partial charge in [-0.1, -0.05) is 43.6 Å². The van der Waals surface area contributed by atoms with E-state index in [9.17, 15) is 9.59 Å². The number of urea groups is 1. The lowest BCUT2D eigenvalue weighted by molar-refractivity contribution is -0.124. The predicted molar refractivity (Wildman–Crippen MR) is 120 cm³/mol. The highest BCUT2D eigenvalue weighted by molar-refractivity contribution is 6.31. The number of fused-ring (bicyclic) bond motifs is 1. The van der Waals surface area contributed by atoms with Crippen molar-refractivity contribution in [1.29, 1.82) is 0 Å². The zero-order valence-corrected chi connectivity index (χ0v) is 18.3. The van der Waals surface area contributed by atoms with Crippen LogP contribution in [0, 0.1) is 5.92 Å². The number of primary amides is 1. The lowest BCUT2D eigenvalue weighted by Gasteiger charge is -2.38. The molecule has 0 fully saturated rings. The van der Waals surface area contributed by atoms with Gasteiger partial charge in [0.15, 0.2) is 0 Å². The average molecular weight is 428 g/mol. The maximum Gasteiger partial charge on any atom is 0.325 e. The van der Waals surface area contributed by atoms with Crippen LogP contribution in [-0.4, -0.2) is 29.9 Å². The first kappa shape index (κ1) is 21.7. The fraction of sp³-hybridized carbons (Fsp3) is 0.304. The fourth-order valence-corrected chi connectivity index (χ4v) is 3.81. The second kappa shape index (κ2) is 8.79. The Kier molecular flexibility index (Phi) is 6.37. The molecule has 0 bridgehead atoms. The van der Waals surface area contributed by atoms with Crippen LogP contribution in [-0.2, 0) is 4.79 Å². The molecular formula is C23H26ClN3O3. The molecule has 3 rings (SSSR count). The number of carbonyl (C=O) groups is 2. The van der Waals surface area contributed by atoms with Crippen LogP contribution in [0.25, 0.3) is 11.0 Å². The van der Waals surface area contributed by atoms with Gasteiger partial charge < -0.3 is 15.1 Å². The Morgan fingerprint density at radius 2 is 1.70 bits per heavy atom. The van der Waals surface area contributed by atoms with Crippen LogP contribution in [0.1, 0.15) is 32.6 Å². The number of furan rings is 1. The van der Waals surface area contributed by atoms with Crippen molar-refractivity contribution in [1.82, 2.24) is 4.90 Å². The molecule has 30 heavy (non-hydrogen) atoms. The van der Waals surface area contributed by atoms with E-state index in [4.69, 9.17) is 21.8 Å². The molecule has 158 valence electrons. The van der Waals surface area contributed by atoms with Gasteiger partial charge in [0, 0.05) is 23.1 Å². The summed E-state index contributed by atoms with van der Waals surface area (Å²) < 4.78 is 5.99.